The average molecular weight is 605 g/mol. The summed E-state index contributed by atoms with van der Waals surface area (Å²) in [6, 6.07) is 15.6. The second-order valence-electron chi connectivity index (χ2n) is 10.7. The number of hydrogen-bond donors (Lipinski definition) is 2. The van der Waals surface area contributed by atoms with E-state index in [0.29, 0.717) is 63.2 Å². The molecule has 0 bridgehead atoms. The second-order valence-corrected chi connectivity index (χ2v) is 12.1. The molecule has 2 aromatic heterocycles. The van der Waals surface area contributed by atoms with Crippen LogP contribution in [0.3, 0.4) is 0 Å². The van der Waals surface area contributed by atoms with Crippen LogP contribution in [0.5, 0.6) is 0 Å². The minimum absolute atomic E-state index is 0.147. The van der Waals surface area contributed by atoms with E-state index in [2.05, 4.69) is 10.3 Å². The van der Waals surface area contributed by atoms with Crippen LogP contribution in [0.2, 0.25) is 0 Å². The third kappa shape index (κ3) is 5.18. The second kappa shape index (κ2) is 11.3. The summed E-state index contributed by atoms with van der Waals surface area (Å²) in [5.74, 6) is -1.26. The van der Waals surface area contributed by atoms with Gasteiger partial charge in [-0.3, -0.25) is 13.9 Å². The van der Waals surface area contributed by atoms with E-state index in [1.807, 2.05) is 6.07 Å². The average Bonchev–Trinajstić information content (AvgIpc) is 3.62. The first-order valence-corrected chi connectivity index (χ1v) is 15.4. The minimum Gasteiger partial charge on any atom is -0.455 e. The van der Waals surface area contributed by atoms with Crippen molar-refractivity contribution in [1.82, 2.24) is 15.2 Å². The van der Waals surface area contributed by atoms with Crippen molar-refractivity contribution in [1.29, 1.82) is 0 Å². The summed E-state index contributed by atoms with van der Waals surface area (Å²) in [6.07, 6.45) is 3.05. The maximum atomic E-state index is 14.3. The van der Waals surface area contributed by atoms with Gasteiger partial charge in [0.1, 0.15) is 39.7 Å². The number of halogens is 2. The molecule has 11 heteroatoms. The van der Waals surface area contributed by atoms with Gasteiger partial charge in [-0.1, -0.05) is 6.07 Å². The largest absolute Gasteiger partial charge is 0.455 e. The summed E-state index contributed by atoms with van der Waals surface area (Å²) < 4.78 is 48.5. The number of carbonyl (C=O) groups excluding carboxylic acids is 2. The number of fused-ring (bicyclic) bond motifs is 2. The number of likely N-dealkylation sites (tertiary alicyclic amines) is 1. The number of anilines is 1. The number of aromatic amines is 1. The molecule has 2 N–H and O–H groups in total. The van der Waals surface area contributed by atoms with Crippen LogP contribution < -0.4 is 9.62 Å². The standard InChI is InChI=1S/C32H30F2N4O4S/c1-35-31(39)29-23-14-21(27(37(2)43(3)41)16-28(23)42-30(29)18-9-11-20(33)12-10-18)19-6-5-13-38(17-19)32(40)26-15-22-24(34)7-4-8-25(22)36-26/h4,7-12,14-16,19,36H,5-6,13,17H2,1-3H3,(H,35,39)/t19-,43?/m0/s1. The van der Waals surface area contributed by atoms with Gasteiger partial charge in [0.05, 0.1) is 11.3 Å². The number of hydrogen-bond acceptors (Lipinski definition) is 4. The molecule has 0 aliphatic carbocycles. The predicted molar refractivity (Wildman–Crippen MR) is 164 cm³/mol. The molecule has 0 spiro atoms. The van der Waals surface area contributed by atoms with Crippen molar-refractivity contribution in [2.75, 3.05) is 37.7 Å². The fourth-order valence-electron chi connectivity index (χ4n) is 5.86. The monoisotopic (exact) mass is 604 g/mol. The Morgan fingerprint density at radius 3 is 2.56 bits per heavy atom. The molecular formula is C32H30F2N4O4S. The number of carbonyl (C=O) groups is 2. The molecule has 1 aliphatic rings. The number of benzene rings is 3. The summed E-state index contributed by atoms with van der Waals surface area (Å²) in [5.41, 5.74) is 3.60. The zero-order chi connectivity index (χ0) is 30.4. The minimum atomic E-state index is -1.38. The highest BCUT2D eigenvalue weighted by atomic mass is 32.2. The van der Waals surface area contributed by atoms with Crippen molar-refractivity contribution < 1.29 is 27.0 Å². The highest BCUT2D eigenvalue weighted by molar-refractivity contribution is 7.85. The summed E-state index contributed by atoms with van der Waals surface area (Å²) >= 11 is 0. The van der Waals surface area contributed by atoms with Crippen LogP contribution in [0.15, 0.2) is 65.1 Å². The fourth-order valence-corrected chi connectivity index (χ4v) is 6.30. The van der Waals surface area contributed by atoms with E-state index in [9.17, 15) is 22.6 Å². The van der Waals surface area contributed by atoms with E-state index in [4.69, 9.17) is 4.42 Å². The van der Waals surface area contributed by atoms with Crippen LogP contribution in [-0.4, -0.2) is 59.3 Å². The van der Waals surface area contributed by atoms with Crippen molar-refractivity contribution in [3.63, 3.8) is 0 Å². The first-order valence-electron chi connectivity index (χ1n) is 13.9. The van der Waals surface area contributed by atoms with Gasteiger partial charge in [0, 0.05) is 67.3 Å². The molecule has 222 valence electrons. The van der Waals surface area contributed by atoms with Gasteiger partial charge < -0.3 is 19.6 Å². The van der Waals surface area contributed by atoms with Gasteiger partial charge in [-0.05, 0) is 66.9 Å². The lowest BCUT2D eigenvalue weighted by atomic mass is 9.88. The summed E-state index contributed by atoms with van der Waals surface area (Å²) in [6.45, 7) is 0.904. The Morgan fingerprint density at radius 1 is 1.09 bits per heavy atom. The maximum absolute atomic E-state index is 14.3. The van der Waals surface area contributed by atoms with Gasteiger partial charge in [0.2, 0.25) is 0 Å². The summed E-state index contributed by atoms with van der Waals surface area (Å²) in [4.78, 5) is 31.5. The lowest BCUT2D eigenvalue weighted by Gasteiger charge is -2.34. The van der Waals surface area contributed by atoms with Crippen molar-refractivity contribution in [3.8, 4) is 11.3 Å². The first-order chi connectivity index (χ1) is 20.7. The van der Waals surface area contributed by atoms with E-state index in [-0.39, 0.29) is 17.7 Å². The molecule has 2 amide bonds. The molecule has 5 aromatic rings. The van der Waals surface area contributed by atoms with E-state index in [1.165, 1.54) is 25.2 Å². The Balaban J connectivity index is 1.44. The van der Waals surface area contributed by atoms with E-state index in [0.717, 1.165) is 18.4 Å². The number of rotatable bonds is 6. The third-order valence-corrected chi connectivity index (χ3v) is 9.08. The number of amides is 2. The Labute approximate surface area is 249 Å². The lowest BCUT2D eigenvalue weighted by molar-refractivity contribution is 0.0702. The third-order valence-electron chi connectivity index (χ3n) is 8.11. The van der Waals surface area contributed by atoms with Crippen molar-refractivity contribution >= 4 is 50.4 Å². The Morgan fingerprint density at radius 2 is 1.86 bits per heavy atom. The SMILES string of the molecule is CNC(=O)c1c(-c2ccc(F)cc2)oc2cc(N(C)S(C)=O)c([C@H]3CCCN(C(=O)c4cc5c(F)cccc5[nH]4)C3)cc12. The van der Waals surface area contributed by atoms with Crippen molar-refractivity contribution in [3.05, 3.63) is 89.1 Å². The van der Waals surface area contributed by atoms with Crippen molar-refractivity contribution in [2.24, 2.45) is 0 Å². The molecule has 43 heavy (non-hydrogen) atoms. The number of nitrogens with zero attached hydrogens (tertiary/aromatic N) is 2. The molecule has 1 saturated heterocycles. The molecule has 1 aliphatic heterocycles. The zero-order valence-electron chi connectivity index (χ0n) is 23.9. The number of nitrogens with one attached hydrogen (secondary N) is 2. The Hall–Kier alpha value is -4.51. The number of furan rings is 1. The highest BCUT2D eigenvalue weighted by Gasteiger charge is 2.31. The van der Waals surface area contributed by atoms with Crippen LogP contribution in [0.4, 0.5) is 14.5 Å². The van der Waals surface area contributed by atoms with Crippen LogP contribution in [-0.2, 0) is 11.0 Å². The molecule has 0 radical (unpaired) electrons. The van der Waals surface area contributed by atoms with Crippen LogP contribution in [0.25, 0.3) is 33.2 Å². The van der Waals surface area contributed by atoms with E-state index < -0.39 is 22.6 Å². The Kier molecular flexibility index (Phi) is 7.51. The molecule has 6 rings (SSSR count). The lowest BCUT2D eigenvalue weighted by Crippen LogP contribution is -2.39. The molecule has 3 aromatic carbocycles. The first kappa shape index (κ1) is 28.6. The van der Waals surface area contributed by atoms with Crippen molar-refractivity contribution in [2.45, 2.75) is 18.8 Å². The topological polar surface area (TPSA) is 98.7 Å². The van der Waals surface area contributed by atoms with Gasteiger partial charge in [-0.2, -0.15) is 0 Å². The smallest absolute Gasteiger partial charge is 0.270 e. The summed E-state index contributed by atoms with van der Waals surface area (Å²) in [7, 11) is 1.87. The molecule has 2 atom stereocenters. The van der Waals surface area contributed by atoms with Gasteiger partial charge >= 0.3 is 0 Å². The predicted octanol–water partition coefficient (Wildman–Crippen LogP) is 5.97. The number of H-pyrrole nitrogens is 1. The fraction of sp³-hybridized carbons (Fsp3) is 0.250. The number of aromatic nitrogens is 1. The maximum Gasteiger partial charge on any atom is 0.270 e. The van der Waals surface area contributed by atoms with Gasteiger partial charge in [0.25, 0.3) is 11.8 Å². The molecular weight excluding hydrogens is 574 g/mol. The molecule has 3 heterocycles. The normalized spacial score (nSPS) is 16.0. The molecule has 0 saturated carbocycles. The summed E-state index contributed by atoms with van der Waals surface area (Å²) in [5, 5.41) is 3.59. The Bertz CT molecular complexity index is 1900. The van der Waals surface area contributed by atoms with Crippen LogP contribution >= 0.6 is 0 Å². The quantitative estimate of drug-likeness (QED) is 0.250. The van der Waals surface area contributed by atoms with Gasteiger partial charge in [0.15, 0.2) is 0 Å². The number of piperidine rings is 1. The van der Waals surface area contributed by atoms with E-state index >= 15 is 0 Å². The molecule has 8 nitrogen and oxygen atoms in total. The van der Waals surface area contributed by atoms with Gasteiger partial charge in [-0.15, -0.1) is 0 Å². The molecule has 1 fully saturated rings. The van der Waals surface area contributed by atoms with Crippen LogP contribution in [0, 0.1) is 11.6 Å². The van der Waals surface area contributed by atoms with Gasteiger partial charge in [-0.25, -0.2) is 13.0 Å². The zero-order valence-corrected chi connectivity index (χ0v) is 24.7. The van der Waals surface area contributed by atoms with Crippen LogP contribution in [0.1, 0.15) is 45.2 Å². The molecule has 1 unspecified atom stereocenters. The highest BCUT2D eigenvalue weighted by Crippen LogP contribution is 2.42. The van der Waals surface area contributed by atoms with E-state index in [1.54, 1.807) is 58.9 Å².